The highest BCUT2D eigenvalue weighted by atomic mass is 19.1. The minimum atomic E-state index is -0.287. The Hall–Kier alpha value is -3.63. The van der Waals surface area contributed by atoms with E-state index < -0.39 is 0 Å². The fourth-order valence-electron chi connectivity index (χ4n) is 3.75. The van der Waals surface area contributed by atoms with Crippen LogP contribution in [0.3, 0.4) is 0 Å². The van der Waals surface area contributed by atoms with Gasteiger partial charge < -0.3 is 25.4 Å². The Morgan fingerprint density at radius 1 is 0.750 bits per heavy atom. The molecule has 0 aliphatic heterocycles. The van der Waals surface area contributed by atoms with Gasteiger partial charge in [0.2, 0.25) is 17.8 Å². The van der Waals surface area contributed by atoms with Gasteiger partial charge in [0.25, 0.3) is 0 Å². The van der Waals surface area contributed by atoms with Gasteiger partial charge in [-0.15, -0.1) is 0 Å². The van der Waals surface area contributed by atoms with Crippen LogP contribution >= 0.6 is 0 Å². The zero-order valence-electron chi connectivity index (χ0n) is 23.5. The highest BCUT2D eigenvalue weighted by Crippen LogP contribution is 2.14. The summed E-state index contributed by atoms with van der Waals surface area (Å²) in [5, 5.41) is 9.63. The van der Waals surface area contributed by atoms with Crippen LogP contribution in [0, 0.1) is 5.82 Å². The van der Waals surface area contributed by atoms with Gasteiger partial charge in [0.1, 0.15) is 5.82 Å². The average Bonchev–Trinajstić information content (AvgIpc) is 2.97. The van der Waals surface area contributed by atoms with Gasteiger partial charge in [-0.3, -0.25) is 4.79 Å². The molecule has 0 radical (unpaired) electrons. The molecule has 0 atom stereocenters. The molecule has 40 heavy (non-hydrogen) atoms. The first-order valence-corrected chi connectivity index (χ1v) is 14.1. The van der Waals surface area contributed by atoms with Crippen molar-refractivity contribution < 1.29 is 18.7 Å². The molecule has 0 aliphatic rings. The van der Waals surface area contributed by atoms with E-state index in [1.54, 1.807) is 6.07 Å². The third-order valence-electron chi connectivity index (χ3n) is 5.93. The number of nitrogens with one attached hydrogen (secondary N) is 3. The number of rotatable bonds is 20. The van der Waals surface area contributed by atoms with Crippen molar-refractivity contribution in [3.8, 4) is 0 Å². The summed E-state index contributed by atoms with van der Waals surface area (Å²) in [5.41, 5.74) is 2.46. The van der Waals surface area contributed by atoms with Crippen molar-refractivity contribution in [3.63, 3.8) is 0 Å². The maximum atomic E-state index is 13.5. The van der Waals surface area contributed by atoms with Gasteiger partial charge in [0.15, 0.2) is 5.78 Å². The van der Waals surface area contributed by atoms with Crippen molar-refractivity contribution in [3.05, 3.63) is 71.0 Å². The number of Topliss-reactive ketones (excluding diaryl/α,β-unsaturated/α-hetero) is 1. The largest absolute Gasteiger partial charge is 0.379 e. The first-order chi connectivity index (χ1) is 19.6. The number of benzene rings is 2. The van der Waals surface area contributed by atoms with Gasteiger partial charge in [-0.25, -0.2) is 4.39 Å². The number of hydrogen-bond acceptors (Lipinski definition) is 9. The third kappa shape index (κ3) is 11.6. The zero-order chi connectivity index (χ0) is 28.4. The van der Waals surface area contributed by atoms with Crippen molar-refractivity contribution in [1.82, 2.24) is 15.0 Å². The average molecular weight is 553 g/mol. The number of nitrogens with zero attached hydrogens (tertiary/aromatic N) is 3. The number of carbonyl (C=O) groups excluding carboxylic acids is 1. The Morgan fingerprint density at radius 2 is 1.40 bits per heavy atom. The molecule has 3 N–H and O–H groups in total. The molecule has 9 nitrogen and oxygen atoms in total. The number of anilines is 3. The van der Waals surface area contributed by atoms with E-state index in [0.29, 0.717) is 69.2 Å². The van der Waals surface area contributed by atoms with E-state index in [-0.39, 0.29) is 11.6 Å². The molecule has 0 aliphatic carbocycles. The lowest BCUT2D eigenvalue weighted by atomic mass is 10.0. The second-order valence-corrected chi connectivity index (χ2v) is 9.37. The number of ketones is 1. The van der Waals surface area contributed by atoms with Crippen molar-refractivity contribution in [2.24, 2.45) is 0 Å². The maximum Gasteiger partial charge on any atom is 0.229 e. The fraction of sp³-hybridized carbons (Fsp3) is 0.467. The Morgan fingerprint density at radius 3 is 2.05 bits per heavy atom. The molecule has 0 unspecified atom stereocenters. The predicted octanol–water partition coefficient (Wildman–Crippen LogP) is 5.85. The summed E-state index contributed by atoms with van der Waals surface area (Å²) in [6.07, 6.45) is 4.16. The molecular weight excluding hydrogens is 511 g/mol. The molecule has 3 rings (SSSR count). The van der Waals surface area contributed by atoms with Gasteiger partial charge in [-0.05, 0) is 42.5 Å². The standard InChI is InChI=1S/C30H41FN6O3/c1-3-5-15-32-28-35-29(37-30(36-28)34-22-24-8-6-9-26(31)20-24)33-21-23-11-13-25(14-12-23)27(38)10-7-17-40-19-18-39-16-4-2/h6,8-9,11-14,20H,3-5,7,10,15-19,21-22H2,1-2H3,(H3,32,33,34,35,36,37). The van der Waals surface area contributed by atoms with E-state index in [0.717, 1.165) is 43.5 Å². The smallest absolute Gasteiger partial charge is 0.229 e. The minimum Gasteiger partial charge on any atom is -0.379 e. The quantitative estimate of drug-likeness (QED) is 0.117. The molecule has 3 aromatic rings. The molecular formula is C30H41FN6O3. The summed E-state index contributed by atoms with van der Waals surface area (Å²) in [6, 6.07) is 13.9. The van der Waals surface area contributed by atoms with Crippen LogP contribution in [0.4, 0.5) is 22.2 Å². The number of hydrogen-bond donors (Lipinski definition) is 3. The lowest BCUT2D eigenvalue weighted by molar-refractivity contribution is 0.0463. The predicted molar refractivity (Wildman–Crippen MR) is 156 cm³/mol. The maximum absolute atomic E-state index is 13.5. The minimum absolute atomic E-state index is 0.0969. The van der Waals surface area contributed by atoms with Crippen LogP contribution in [-0.2, 0) is 22.6 Å². The first-order valence-electron chi connectivity index (χ1n) is 14.1. The summed E-state index contributed by atoms with van der Waals surface area (Å²) in [5.74, 6) is 1.07. The van der Waals surface area contributed by atoms with Crippen LogP contribution in [0.5, 0.6) is 0 Å². The number of aromatic nitrogens is 3. The summed E-state index contributed by atoms with van der Waals surface area (Å²) in [4.78, 5) is 25.9. The molecule has 0 bridgehead atoms. The molecule has 0 saturated carbocycles. The summed E-state index contributed by atoms with van der Waals surface area (Å²) < 4.78 is 24.4. The lowest BCUT2D eigenvalue weighted by Gasteiger charge is -2.12. The van der Waals surface area contributed by atoms with Crippen LogP contribution in [0.25, 0.3) is 0 Å². The van der Waals surface area contributed by atoms with Crippen molar-refractivity contribution >= 4 is 23.6 Å². The summed E-state index contributed by atoms with van der Waals surface area (Å²) in [7, 11) is 0. The van der Waals surface area contributed by atoms with Crippen molar-refractivity contribution in [1.29, 1.82) is 0 Å². The van der Waals surface area contributed by atoms with Crippen LogP contribution in [0.2, 0.25) is 0 Å². The monoisotopic (exact) mass is 552 g/mol. The highest BCUT2D eigenvalue weighted by molar-refractivity contribution is 5.96. The molecule has 0 fully saturated rings. The van der Waals surface area contributed by atoms with E-state index >= 15 is 0 Å². The third-order valence-corrected chi connectivity index (χ3v) is 5.93. The Balaban J connectivity index is 1.50. The molecule has 0 amide bonds. The molecule has 2 aromatic carbocycles. The van der Waals surface area contributed by atoms with E-state index in [4.69, 9.17) is 9.47 Å². The number of unbranched alkanes of at least 4 members (excludes halogenated alkanes) is 1. The van der Waals surface area contributed by atoms with Crippen LogP contribution in [0.1, 0.15) is 67.4 Å². The molecule has 10 heteroatoms. The summed E-state index contributed by atoms with van der Waals surface area (Å²) >= 11 is 0. The van der Waals surface area contributed by atoms with E-state index in [9.17, 15) is 9.18 Å². The van der Waals surface area contributed by atoms with E-state index in [2.05, 4.69) is 44.7 Å². The Labute approximate surface area is 236 Å². The van der Waals surface area contributed by atoms with E-state index in [1.807, 2.05) is 30.3 Å². The van der Waals surface area contributed by atoms with Crippen LogP contribution < -0.4 is 16.0 Å². The van der Waals surface area contributed by atoms with Crippen LogP contribution in [-0.4, -0.2) is 53.7 Å². The summed E-state index contributed by atoms with van der Waals surface area (Å²) in [6.45, 7) is 8.23. The Bertz CT molecular complexity index is 1160. The van der Waals surface area contributed by atoms with Gasteiger partial charge >= 0.3 is 0 Å². The highest BCUT2D eigenvalue weighted by Gasteiger charge is 2.09. The lowest BCUT2D eigenvalue weighted by Crippen LogP contribution is -2.13. The van der Waals surface area contributed by atoms with E-state index in [1.165, 1.54) is 12.1 Å². The molecule has 1 heterocycles. The number of halogens is 1. The fourth-order valence-corrected chi connectivity index (χ4v) is 3.75. The molecule has 216 valence electrons. The number of ether oxygens (including phenoxy) is 2. The molecule has 1 aromatic heterocycles. The van der Waals surface area contributed by atoms with Crippen molar-refractivity contribution in [2.45, 2.75) is 59.0 Å². The van der Waals surface area contributed by atoms with Gasteiger partial charge in [0.05, 0.1) is 13.2 Å². The first kappa shape index (κ1) is 30.9. The molecule has 0 saturated heterocycles. The SMILES string of the molecule is CCCCNc1nc(NCc2ccc(C(=O)CCCOCCOCCC)cc2)nc(NCc2cccc(F)c2)n1. The van der Waals surface area contributed by atoms with Gasteiger partial charge in [-0.2, -0.15) is 15.0 Å². The van der Waals surface area contributed by atoms with Crippen LogP contribution in [0.15, 0.2) is 48.5 Å². The topological polar surface area (TPSA) is 110 Å². The van der Waals surface area contributed by atoms with Crippen molar-refractivity contribution in [2.75, 3.05) is 48.9 Å². The van der Waals surface area contributed by atoms with Gasteiger partial charge in [0, 0.05) is 44.8 Å². The normalized spacial score (nSPS) is 10.9. The zero-order valence-corrected chi connectivity index (χ0v) is 23.5. The Kier molecular flexibility index (Phi) is 13.8. The molecule has 0 spiro atoms. The number of carbonyl (C=O) groups is 1. The van der Waals surface area contributed by atoms with Gasteiger partial charge in [-0.1, -0.05) is 56.7 Å². The second kappa shape index (κ2) is 17.9. The second-order valence-electron chi connectivity index (χ2n) is 9.37.